The van der Waals surface area contributed by atoms with Crippen molar-refractivity contribution in [1.82, 2.24) is 16.0 Å². The maximum Gasteiger partial charge on any atom is 0.259 e. The molecule has 2 aromatic rings. The molecule has 1 aliphatic rings. The summed E-state index contributed by atoms with van der Waals surface area (Å²) in [5.74, 6) is 1.83. The number of carbonyl (C=O) groups is 3. The van der Waals surface area contributed by atoms with Crippen molar-refractivity contribution in [2.75, 3.05) is 21.3 Å². The van der Waals surface area contributed by atoms with Crippen molar-refractivity contribution in [2.45, 2.75) is 44.3 Å². The summed E-state index contributed by atoms with van der Waals surface area (Å²) in [7, 11) is 4.67. The lowest BCUT2D eigenvalue weighted by atomic mass is 9.94. The van der Waals surface area contributed by atoms with Gasteiger partial charge in [0.2, 0.25) is 5.91 Å². The number of carbonyl (C=O) groups excluding carboxylic acids is 3. The van der Waals surface area contributed by atoms with E-state index in [1.165, 1.54) is 14.2 Å². The van der Waals surface area contributed by atoms with Gasteiger partial charge in [0, 0.05) is 12.8 Å². The van der Waals surface area contributed by atoms with Crippen molar-refractivity contribution in [3.63, 3.8) is 0 Å². The average Bonchev–Trinajstić information content (AvgIpc) is 3.23. The summed E-state index contributed by atoms with van der Waals surface area (Å²) in [6, 6.07) is 11.5. The van der Waals surface area contributed by atoms with Crippen LogP contribution in [0.25, 0.3) is 0 Å². The summed E-state index contributed by atoms with van der Waals surface area (Å²) >= 11 is 0. The van der Waals surface area contributed by atoms with Crippen LogP contribution in [0.3, 0.4) is 0 Å². The first-order valence-electron chi connectivity index (χ1n) is 11.9. The third-order valence-corrected chi connectivity index (χ3v) is 6.60. The fourth-order valence-corrected chi connectivity index (χ4v) is 4.47. The fourth-order valence-electron chi connectivity index (χ4n) is 4.47. The number of likely N-dealkylation sites (N-methyl/N-ethyl adjacent to an activating group) is 1. The number of benzene rings is 2. The van der Waals surface area contributed by atoms with Gasteiger partial charge in [-0.25, -0.2) is 0 Å². The van der Waals surface area contributed by atoms with Crippen molar-refractivity contribution in [3.8, 4) is 23.8 Å². The smallest absolute Gasteiger partial charge is 0.259 e. The van der Waals surface area contributed by atoms with Gasteiger partial charge in [0.25, 0.3) is 5.91 Å². The number of ether oxygens (including phenoxy) is 2. The second kappa shape index (κ2) is 13.7. The highest BCUT2D eigenvalue weighted by molar-refractivity contribution is 6.00. The van der Waals surface area contributed by atoms with Crippen LogP contribution < -0.4 is 25.4 Å². The number of rotatable bonds is 11. The Balaban J connectivity index is 0.00000481. The molecule has 0 spiro atoms. The van der Waals surface area contributed by atoms with Gasteiger partial charge in [-0.1, -0.05) is 30.3 Å². The van der Waals surface area contributed by atoms with Gasteiger partial charge in [-0.3, -0.25) is 14.4 Å². The molecule has 3 rings (SSSR count). The molecular weight excluding hydrogens is 494 g/mol. The Hall–Kier alpha value is -3.54. The number of hydrogen-bond acceptors (Lipinski definition) is 6. The van der Waals surface area contributed by atoms with E-state index in [0.717, 1.165) is 11.1 Å². The molecule has 0 saturated heterocycles. The third-order valence-electron chi connectivity index (χ3n) is 6.60. The number of halogens is 1. The van der Waals surface area contributed by atoms with Crippen LogP contribution >= 0.6 is 12.4 Å². The molecule has 0 aliphatic heterocycles. The van der Waals surface area contributed by atoms with Gasteiger partial charge in [0.1, 0.15) is 22.8 Å². The predicted octanol–water partition coefficient (Wildman–Crippen LogP) is 2.84. The number of ketones is 1. The summed E-state index contributed by atoms with van der Waals surface area (Å²) in [5.41, 5.74) is 2.21. The van der Waals surface area contributed by atoms with Crippen molar-refractivity contribution >= 4 is 30.0 Å². The number of amides is 2. The van der Waals surface area contributed by atoms with Gasteiger partial charge >= 0.3 is 0 Å². The van der Waals surface area contributed by atoms with E-state index < -0.39 is 18.0 Å². The van der Waals surface area contributed by atoms with E-state index in [2.05, 4.69) is 21.9 Å². The number of nitrogens with one attached hydrogen (secondary N) is 3. The van der Waals surface area contributed by atoms with Gasteiger partial charge in [-0.05, 0) is 43.7 Å². The quantitative estimate of drug-likeness (QED) is 0.388. The summed E-state index contributed by atoms with van der Waals surface area (Å²) < 4.78 is 10.8. The van der Waals surface area contributed by atoms with Crippen LogP contribution in [0.1, 0.15) is 47.3 Å². The second-order valence-electron chi connectivity index (χ2n) is 8.79. The van der Waals surface area contributed by atoms with Crippen LogP contribution in [0, 0.1) is 18.3 Å². The lowest BCUT2D eigenvalue weighted by Crippen LogP contribution is -2.46. The topological polar surface area (TPSA) is 106 Å². The Morgan fingerprint density at radius 3 is 2.30 bits per heavy atom. The van der Waals surface area contributed by atoms with Crippen molar-refractivity contribution < 1.29 is 23.9 Å². The normalized spacial score (nSPS) is 17.3. The highest BCUT2D eigenvalue weighted by atomic mass is 35.5. The molecule has 0 saturated carbocycles. The predicted molar refractivity (Wildman–Crippen MR) is 144 cm³/mol. The molecule has 3 N–H and O–H groups in total. The van der Waals surface area contributed by atoms with Crippen LogP contribution in [0.5, 0.6) is 11.5 Å². The minimum atomic E-state index is -0.670. The van der Waals surface area contributed by atoms with E-state index in [-0.39, 0.29) is 54.5 Å². The zero-order valence-electron chi connectivity index (χ0n) is 21.5. The monoisotopic (exact) mass is 527 g/mol. The highest BCUT2D eigenvalue weighted by Gasteiger charge is 2.37. The van der Waals surface area contributed by atoms with Crippen LogP contribution in [-0.4, -0.2) is 50.9 Å². The largest absolute Gasteiger partial charge is 0.496 e. The maximum absolute atomic E-state index is 13.4. The number of Topliss-reactive ketones (excluding diaryl/α,β-unsaturated/α-hetero) is 1. The molecule has 0 aromatic heterocycles. The van der Waals surface area contributed by atoms with Gasteiger partial charge in [-0.2, -0.15) is 0 Å². The molecule has 0 heterocycles. The third kappa shape index (κ3) is 6.82. The lowest BCUT2D eigenvalue weighted by Gasteiger charge is -2.26. The first-order valence-corrected chi connectivity index (χ1v) is 11.9. The van der Waals surface area contributed by atoms with Crippen LogP contribution in [0.4, 0.5) is 0 Å². The number of methoxy groups -OCH3 is 2. The number of fused-ring (bicyclic) bond motifs is 1. The standard InChI is InChI=1S/C28H33N3O5.ClH/c1-6-10-19(16-22(32)17(2)29-3)27(33)31-26-20-12-8-7-11-18(20)15-21(26)30-28(34)25-23(35-4)13-9-14-24(25)36-5;/h1,7-9,11-14,17,19,21,26,29H,10,15-16H2,2-5H3,(H,30,34)(H,31,33);1H/t17-,19+,21-,26-;/m0./s1. The molecule has 198 valence electrons. The Kier molecular flexibility index (Phi) is 11.0. The molecule has 2 amide bonds. The molecule has 37 heavy (non-hydrogen) atoms. The van der Waals surface area contributed by atoms with E-state index in [0.29, 0.717) is 17.9 Å². The highest BCUT2D eigenvalue weighted by Crippen LogP contribution is 2.34. The summed E-state index contributed by atoms with van der Waals surface area (Å²) in [4.78, 5) is 39.2. The minimum absolute atomic E-state index is 0. The van der Waals surface area contributed by atoms with Crippen LogP contribution in [0.15, 0.2) is 42.5 Å². The zero-order valence-corrected chi connectivity index (χ0v) is 22.3. The summed E-state index contributed by atoms with van der Waals surface area (Å²) in [6.07, 6.45) is 6.20. The summed E-state index contributed by atoms with van der Waals surface area (Å²) in [5, 5.41) is 9.02. The molecule has 1 aliphatic carbocycles. The number of terminal acetylenes is 1. The van der Waals surface area contributed by atoms with Crippen molar-refractivity contribution in [2.24, 2.45) is 5.92 Å². The van der Waals surface area contributed by atoms with E-state index >= 15 is 0 Å². The molecule has 0 bridgehead atoms. The first kappa shape index (κ1) is 29.7. The van der Waals surface area contributed by atoms with Crippen molar-refractivity contribution in [3.05, 3.63) is 59.2 Å². The molecule has 2 aromatic carbocycles. The van der Waals surface area contributed by atoms with E-state index in [9.17, 15) is 14.4 Å². The SMILES string of the molecule is C#CC[C@H](CC(=O)[C@H](C)NC)C(=O)N[C@H]1c2ccccc2C[C@@H]1NC(=O)c1c(OC)cccc1OC.Cl. The van der Waals surface area contributed by atoms with Crippen LogP contribution in [0.2, 0.25) is 0 Å². The van der Waals surface area contributed by atoms with Gasteiger partial charge < -0.3 is 25.4 Å². The Morgan fingerprint density at radius 2 is 1.70 bits per heavy atom. The van der Waals surface area contributed by atoms with Gasteiger partial charge in [0.15, 0.2) is 0 Å². The Morgan fingerprint density at radius 1 is 1.05 bits per heavy atom. The molecule has 9 heteroatoms. The second-order valence-corrected chi connectivity index (χ2v) is 8.79. The minimum Gasteiger partial charge on any atom is -0.496 e. The first-order chi connectivity index (χ1) is 17.3. The van der Waals surface area contributed by atoms with E-state index in [1.807, 2.05) is 24.3 Å². The molecular formula is C28H34ClN3O5. The average molecular weight is 528 g/mol. The van der Waals surface area contributed by atoms with Crippen molar-refractivity contribution in [1.29, 1.82) is 0 Å². The molecule has 4 atom stereocenters. The number of hydrogen-bond donors (Lipinski definition) is 3. The fraction of sp³-hybridized carbons (Fsp3) is 0.393. The Bertz CT molecular complexity index is 1140. The molecule has 0 unspecified atom stereocenters. The maximum atomic E-state index is 13.4. The molecule has 8 nitrogen and oxygen atoms in total. The summed E-state index contributed by atoms with van der Waals surface area (Å²) in [6.45, 7) is 1.75. The zero-order chi connectivity index (χ0) is 26.2. The Labute approximate surface area is 224 Å². The molecule has 0 fully saturated rings. The van der Waals surface area contributed by atoms with Crippen LogP contribution in [-0.2, 0) is 16.0 Å². The van der Waals surface area contributed by atoms with E-state index in [1.54, 1.807) is 32.2 Å². The van der Waals surface area contributed by atoms with Gasteiger partial charge in [0.05, 0.1) is 38.3 Å². The lowest BCUT2D eigenvalue weighted by molar-refractivity contribution is -0.130. The van der Waals surface area contributed by atoms with Gasteiger partial charge in [-0.15, -0.1) is 24.8 Å². The van der Waals surface area contributed by atoms with E-state index in [4.69, 9.17) is 15.9 Å². The molecule has 0 radical (unpaired) electrons.